The summed E-state index contributed by atoms with van der Waals surface area (Å²) in [5.74, 6) is -0.573. The zero-order chi connectivity index (χ0) is 18.1. The third kappa shape index (κ3) is 3.72. The number of carbonyl (C=O) groups excluding carboxylic acids is 2. The molecule has 0 saturated carbocycles. The topological polar surface area (TPSA) is 49.4 Å². The third-order valence-corrected chi connectivity index (χ3v) is 5.78. The molecule has 1 aliphatic heterocycles. The largest absolute Gasteiger partial charge is 0.325 e. The van der Waals surface area contributed by atoms with Gasteiger partial charge in [-0.15, -0.1) is 0 Å². The third-order valence-electron chi connectivity index (χ3n) is 4.41. The molecule has 0 aliphatic carbocycles. The van der Waals surface area contributed by atoms with E-state index in [-0.39, 0.29) is 24.2 Å². The minimum atomic E-state index is -0.380. The Kier molecular flexibility index (Phi) is 5.16. The van der Waals surface area contributed by atoms with Gasteiger partial charge in [-0.25, -0.2) is 0 Å². The number of halogens is 2. The molecule has 0 bridgehead atoms. The molecule has 2 aromatic rings. The average Bonchev–Trinajstić information content (AvgIpc) is 2.97. The molecule has 2 aromatic carbocycles. The number of benzene rings is 2. The van der Waals surface area contributed by atoms with Crippen molar-refractivity contribution in [3.63, 3.8) is 0 Å². The predicted molar refractivity (Wildman–Crippen MR) is 104 cm³/mol. The van der Waals surface area contributed by atoms with E-state index in [0.717, 1.165) is 21.3 Å². The molecule has 1 saturated heterocycles. The second-order valence-electron chi connectivity index (χ2n) is 6.27. The summed E-state index contributed by atoms with van der Waals surface area (Å²) < 4.78 is 0.784. The summed E-state index contributed by atoms with van der Waals surface area (Å²) >= 11 is 9.57. The highest BCUT2D eigenvalue weighted by Crippen LogP contribution is 2.32. The van der Waals surface area contributed by atoms with Crippen LogP contribution >= 0.6 is 27.5 Å². The fraction of sp³-hybridized carbons (Fsp3) is 0.263. The number of rotatable bonds is 3. The summed E-state index contributed by atoms with van der Waals surface area (Å²) in [4.78, 5) is 26.6. The molecule has 3 rings (SSSR count). The molecule has 0 radical (unpaired) electrons. The van der Waals surface area contributed by atoms with E-state index in [1.165, 1.54) is 0 Å². The van der Waals surface area contributed by atoms with Crippen molar-refractivity contribution >= 4 is 50.7 Å². The molecule has 2 amide bonds. The van der Waals surface area contributed by atoms with Crippen LogP contribution in [0.5, 0.6) is 0 Å². The number of aryl methyl sites for hydroxylation is 1. The van der Waals surface area contributed by atoms with Gasteiger partial charge in [-0.1, -0.05) is 23.7 Å². The van der Waals surface area contributed by atoms with Crippen LogP contribution < -0.4 is 10.2 Å². The zero-order valence-electron chi connectivity index (χ0n) is 14.0. The number of carbonyl (C=O) groups is 2. The van der Waals surface area contributed by atoms with Crippen molar-refractivity contribution in [2.45, 2.75) is 20.3 Å². The molecule has 25 heavy (non-hydrogen) atoms. The Balaban J connectivity index is 1.74. The predicted octanol–water partition coefficient (Wildman–Crippen LogP) is 4.71. The molecule has 0 spiro atoms. The van der Waals surface area contributed by atoms with Gasteiger partial charge in [0.25, 0.3) is 0 Å². The van der Waals surface area contributed by atoms with Gasteiger partial charge in [0.05, 0.1) is 10.9 Å². The van der Waals surface area contributed by atoms with Crippen molar-refractivity contribution in [1.29, 1.82) is 0 Å². The Morgan fingerprint density at radius 3 is 2.76 bits per heavy atom. The van der Waals surface area contributed by atoms with Gasteiger partial charge in [0, 0.05) is 28.8 Å². The molecule has 1 aliphatic rings. The maximum Gasteiger partial charge on any atom is 0.229 e. The fourth-order valence-corrected chi connectivity index (χ4v) is 3.55. The lowest BCUT2D eigenvalue weighted by molar-refractivity contribution is -0.122. The first-order valence-electron chi connectivity index (χ1n) is 7.99. The zero-order valence-corrected chi connectivity index (χ0v) is 16.3. The number of hydrogen-bond acceptors (Lipinski definition) is 2. The Labute approximate surface area is 160 Å². The lowest BCUT2D eigenvalue weighted by atomic mass is 10.1. The van der Waals surface area contributed by atoms with Gasteiger partial charge in [0.15, 0.2) is 0 Å². The Morgan fingerprint density at radius 2 is 2.04 bits per heavy atom. The molecular formula is C19H18BrClN2O2. The van der Waals surface area contributed by atoms with Gasteiger partial charge in [0.2, 0.25) is 11.8 Å². The number of amides is 2. The van der Waals surface area contributed by atoms with E-state index in [1.807, 2.05) is 38.1 Å². The standard InChI is InChI=1S/C19H18BrClN2O2/c1-11-4-3-5-14(8-11)23-10-13(9-17(23)24)19(25)22-16-7-6-15(20)18(21)12(16)2/h3-8,13H,9-10H2,1-2H3,(H,22,25)/t13-/m0/s1. The van der Waals surface area contributed by atoms with Crippen LogP contribution in [-0.4, -0.2) is 18.4 Å². The minimum Gasteiger partial charge on any atom is -0.325 e. The molecule has 1 fully saturated rings. The maximum atomic E-state index is 12.6. The Morgan fingerprint density at radius 1 is 1.28 bits per heavy atom. The summed E-state index contributed by atoms with van der Waals surface area (Å²) in [6.45, 7) is 4.22. The normalized spacial score (nSPS) is 17.0. The quantitative estimate of drug-likeness (QED) is 0.780. The van der Waals surface area contributed by atoms with E-state index in [4.69, 9.17) is 11.6 Å². The molecule has 4 nitrogen and oxygen atoms in total. The van der Waals surface area contributed by atoms with Gasteiger partial charge < -0.3 is 10.2 Å². The summed E-state index contributed by atoms with van der Waals surface area (Å²) in [6, 6.07) is 11.3. The lowest BCUT2D eigenvalue weighted by Crippen LogP contribution is -2.28. The van der Waals surface area contributed by atoms with Crippen molar-refractivity contribution in [2.75, 3.05) is 16.8 Å². The van der Waals surface area contributed by atoms with Crippen molar-refractivity contribution < 1.29 is 9.59 Å². The van der Waals surface area contributed by atoms with E-state index < -0.39 is 0 Å². The fourth-order valence-electron chi connectivity index (χ4n) is 2.95. The first-order chi connectivity index (χ1) is 11.9. The summed E-state index contributed by atoms with van der Waals surface area (Å²) in [5, 5.41) is 3.47. The van der Waals surface area contributed by atoms with Crippen molar-refractivity contribution in [1.82, 2.24) is 0 Å². The maximum absolute atomic E-state index is 12.6. The number of hydrogen-bond donors (Lipinski definition) is 1. The van der Waals surface area contributed by atoms with Crippen LogP contribution in [0.15, 0.2) is 40.9 Å². The van der Waals surface area contributed by atoms with Gasteiger partial charge in [-0.3, -0.25) is 9.59 Å². The smallest absolute Gasteiger partial charge is 0.229 e. The molecule has 0 aromatic heterocycles. The molecule has 1 atom stereocenters. The molecule has 0 unspecified atom stereocenters. The lowest BCUT2D eigenvalue weighted by Gasteiger charge is -2.17. The average molecular weight is 422 g/mol. The number of anilines is 2. The van der Waals surface area contributed by atoms with Crippen LogP contribution in [0.4, 0.5) is 11.4 Å². The van der Waals surface area contributed by atoms with Gasteiger partial charge >= 0.3 is 0 Å². The highest BCUT2D eigenvalue weighted by atomic mass is 79.9. The molecular weight excluding hydrogens is 404 g/mol. The van der Waals surface area contributed by atoms with Crippen LogP contribution in [0.2, 0.25) is 5.02 Å². The van der Waals surface area contributed by atoms with Crippen LogP contribution in [0.1, 0.15) is 17.5 Å². The van der Waals surface area contributed by atoms with Crippen molar-refractivity contribution in [2.24, 2.45) is 5.92 Å². The second-order valence-corrected chi connectivity index (χ2v) is 7.50. The summed E-state index contributed by atoms with van der Waals surface area (Å²) in [6.07, 6.45) is 0.211. The molecule has 6 heteroatoms. The van der Waals surface area contributed by atoms with E-state index in [2.05, 4.69) is 21.2 Å². The molecule has 130 valence electrons. The van der Waals surface area contributed by atoms with Gasteiger partial charge in [-0.05, 0) is 65.2 Å². The van der Waals surface area contributed by atoms with Gasteiger partial charge in [-0.2, -0.15) is 0 Å². The monoisotopic (exact) mass is 420 g/mol. The van der Waals surface area contributed by atoms with E-state index in [9.17, 15) is 9.59 Å². The highest BCUT2D eigenvalue weighted by molar-refractivity contribution is 9.10. The first kappa shape index (κ1) is 18.0. The SMILES string of the molecule is Cc1cccc(N2C[C@@H](C(=O)Nc3ccc(Br)c(Cl)c3C)CC2=O)c1. The number of nitrogens with zero attached hydrogens (tertiary/aromatic N) is 1. The first-order valence-corrected chi connectivity index (χ1v) is 9.16. The molecule has 1 N–H and O–H groups in total. The van der Waals surface area contributed by atoms with E-state index in [1.54, 1.807) is 17.0 Å². The Hall–Kier alpha value is -1.85. The minimum absolute atomic E-state index is 0.0312. The van der Waals surface area contributed by atoms with E-state index >= 15 is 0 Å². The molecule has 1 heterocycles. The highest BCUT2D eigenvalue weighted by Gasteiger charge is 2.35. The van der Waals surface area contributed by atoms with Crippen molar-refractivity contribution in [3.05, 3.63) is 57.0 Å². The second kappa shape index (κ2) is 7.18. The summed E-state index contributed by atoms with van der Waals surface area (Å²) in [7, 11) is 0. The summed E-state index contributed by atoms with van der Waals surface area (Å²) in [5.41, 5.74) is 3.38. The van der Waals surface area contributed by atoms with Crippen LogP contribution in [0.3, 0.4) is 0 Å². The Bertz CT molecular complexity index is 853. The number of nitrogens with one attached hydrogen (secondary N) is 1. The van der Waals surface area contributed by atoms with Crippen LogP contribution in [-0.2, 0) is 9.59 Å². The van der Waals surface area contributed by atoms with Crippen LogP contribution in [0, 0.1) is 19.8 Å². The van der Waals surface area contributed by atoms with E-state index in [0.29, 0.717) is 17.3 Å². The van der Waals surface area contributed by atoms with Crippen molar-refractivity contribution in [3.8, 4) is 0 Å². The van der Waals surface area contributed by atoms with Crippen LogP contribution in [0.25, 0.3) is 0 Å². The van der Waals surface area contributed by atoms with Gasteiger partial charge in [0.1, 0.15) is 0 Å².